The van der Waals surface area contributed by atoms with Crippen LogP contribution in [0.1, 0.15) is 11.1 Å². The van der Waals surface area contributed by atoms with Crippen molar-refractivity contribution < 1.29 is 19.8 Å². The second kappa shape index (κ2) is 5.13. The van der Waals surface area contributed by atoms with Crippen LogP contribution in [0.5, 0.6) is 0 Å². The highest BCUT2D eigenvalue weighted by Gasteiger charge is 2.45. The zero-order valence-corrected chi connectivity index (χ0v) is 11.6. The van der Waals surface area contributed by atoms with Crippen molar-refractivity contribution in [3.05, 3.63) is 35.4 Å². The second-order valence-electron chi connectivity index (χ2n) is 3.30. The van der Waals surface area contributed by atoms with E-state index in [-0.39, 0.29) is 11.1 Å². The minimum Gasteiger partial charge on any atom is -0.479 e. The van der Waals surface area contributed by atoms with Crippen LogP contribution < -0.4 is 0 Å². The predicted octanol–water partition coefficient (Wildman–Crippen LogP) is 3.12. The van der Waals surface area contributed by atoms with Gasteiger partial charge in [0.25, 0.3) is 0 Å². The highest BCUT2D eigenvalue weighted by atomic mass is 35.5. The van der Waals surface area contributed by atoms with Crippen LogP contribution in [0.25, 0.3) is 0 Å². The van der Waals surface area contributed by atoms with Crippen LogP contribution in [-0.4, -0.2) is 22.2 Å². The van der Waals surface area contributed by atoms with Crippen LogP contribution >= 0.6 is 46.4 Å². The van der Waals surface area contributed by atoms with Crippen molar-refractivity contribution in [3.63, 3.8) is 0 Å². The van der Waals surface area contributed by atoms with Crippen molar-refractivity contribution in [2.75, 3.05) is 0 Å². The maximum absolute atomic E-state index is 11.0. The Morgan fingerprint density at radius 3 is 1.33 bits per heavy atom. The lowest BCUT2D eigenvalue weighted by Crippen LogP contribution is -2.30. The molecule has 0 atom stereocenters. The van der Waals surface area contributed by atoms with Gasteiger partial charge in [0.2, 0.25) is 8.67 Å². The normalized spacial score (nSPS) is 12.2. The van der Waals surface area contributed by atoms with Gasteiger partial charge in [-0.05, 0) is 0 Å². The number of alkyl halides is 4. The van der Waals surface area contributed by atoms with E-state index < -0.39 is 20.6 Å². The van der Waals surface area contributed by atoms with E-state index in [0.717, 1.165) is 0 Å². The van der Waals surface area contributed by atoms with Crippen molar-refractivity contribution in [1.82, 2.24) is 0 Å². The summed E-state index contributed by atoms with van der Waals surface area (Å²) in [6, 6.07) is 5.36. The fraction of sp³-hybridized carbons (Fsp3) is 0.200. The largest absolute Gasteiger partial charge is 0.479 e. The van der Waals surface area contributed by atoms with E-state index in [0.29, 0.717) is 0 Å². The first kappa shape index (κ1) is 15.4. The molecule has 18 heavy (non-hydrogen) atoms. The lowest BCUT2D eigenvalue weighted by Gasteiger charge is -2.23. The maximum Gasteiger partial charge on any atom is 0.344 e. The molecule has 0 aliphatic rings. The molecule has 98 valence electrons. The van der Waals surface area contributed by atoms with Gasteiger partial charge in [0, 0.05) is 11.1 Å². The zero-order chi connectivity index (χ0) is 14.1. The molecular weight excluding hydrogens is 326 g/mol. The van der Waals surface area contributed by atoms with Gasteiger partial charge in [-0.15, -0.1) is 0 Å². The Labute approximate surface area is 122 Å². The number of benzene rings is 1. The summed E-state index contributed by atoms with van der Waals surface area (Å²) in [7, 11) is 0. The van der Waals surface area contributed by atoms with Gasteiger partial charge in [-0.2, -0.15) is 0 Å². The first-order valence-corrected chi connectivity index (χ1v) is 5.95. The summed E-state index contributed by atoms with van der Waals surface area (Å²) in [6.07, 6.45) is 0. The van der Waals surface area contributed by atoms with Gasteiger partial charge in [0.05, 0.1) is 0 Å². The predicted molar refractivity (Wildman–Crippen MR) is 68.5 cm³/mol. The Kier molecular flexibility index (Phi) is 4.38. The smallest absolute Gasteiger partial charge is 0.344 e. The number of carboxylic acid groups (broad SMARTS) is 2. The molecule has 2 N–H and O–H groups in total. The molecule has 0 aliphatic carbocycles. The molecule has 0 bridgehead atoms. The summed E-state index contributed by atoms with van der Waals surface area (Å²) in [5, 5.41) is 17.9. The molecule has 4 nitrogen and oxygen atoms in total. The van der Waals surface area contributed by atoms with Crippen molar-refractivity contribution in [1.29, 1.82) is 0 Å². The minimum atomic E-state index is -2.35. The van der Waals surface area contributed by atoms with Crippen molar-refractivity contribution in [2.24, 2.45) is 0 Å². The number of carboxylic acids is 2. The first-order valence-electron chi connectivity index (χ1n) is 4.44. The van der Waals surface area contributed by atoms with Crippen LogP contribution in [0, 0.1) is 0 Å². The molecule has 0 aromatic heterocycles. The van der Waals surface area contributed by atoms with Crippen LogP contribution in [0.4, 0.5) is 0 Å². The van der Waals surface area contributed by atoms with Crippen molar-refractivity contribution in [2.45, 2.75) is 8.67 Å². The number of carbonyl (C=O) groups is 2. The number of aliphatic carboxylic acids is 2. The molecule has 0 spiro atoms. The summed E-state index contributed by atoms with van der Waals surface area (Å²) in [4.78, 5) is 21.9. The molecule has 0 unspecified atom stereocenters. The van der Waals surface area contributed by atoms with Gasteiger partial charge in [-0.1, -0.05) is 70.7 Å². The van der Waals surface area contributed by atoms with E-state index in [4.69, 9.17) is 56.6 Å². The fourth-order valence-electron chi connectivity index (χ4n) is 1.26. The van der Waals surface area contributed by atoms with Gasteiger partial charge in [-0.25, -0.2) is 9.59 Å². The Balaban J connectivity index is 3.50. The molecule has 1 aromatic rings. The quantitative estimate of drug-likeness (QED) is 0.831. The van der Waals surface area contributed by atoms with Gasteiger partial charge in [-0.3, -0.25) is 0 Å². The molecular formula is C10H6Cl4O4. The maximum atomic E-state index is 11.0. The lowest BCUT2D eigenvalue weighted by atomic mass is 10.0. The third-order valence-corrected chi connectivity index (χ3v) is 3.60. The molecule has 0 aliphatic heterocycles. The van der Waals surface area contributed by atoms with Crippen molar-refractivity contribution >= 4 is 58.3 Å². The Morgan fingerprint density at radius 1 is 0.833 bits per heavy atom. The van der Waals surface area contributed by atoms with Gasteiger partial charge >= 0.3 is 11.9 Å². The van der Waals surface area contributed by atoms with Crippen LogP contribution in [0.3, 0.4) is 0 Å². The zero-order valence-electron chi connectivity index (χ0n) is 8.53. The lowest BCUT2D eigenvalue weighted by molar-refractivity contribution is -0.139. The second-order valence-corrected chi connectivity index (χ2v) is 5.96. The summed E-state index contributed by atoms with van der Waals surface area (Å²) in [5.41, 5.74) is -0.401. The van der Waals surface area contributed by atoms with Crippen LogP contribution in [0.15, 0.2) is 24.3 Å². The molecule has 1 rings (SSSR count). The monoisotopic (exact) mass is 330 g/mol. The van der Waals surface area contributed by atoms with Gasteiger partial charge in [0.1, 0.15) is 0 Å². The molecule has 1 aromatic carbocycles. The summed E-state index contributed by atoms with van der Waals surface area (Å²) < 4.78 is -4.69. The average Bonchev–Trinajstić information content (AvgIpc) is 2.28. The number of hydrogen-bond acceptors (Lipinski definition) is 2. The van der Waals surface area contributed by atoms with Crippen LogP contribution in [-0.2, 0) is 18.3 Å². The Bertz CT molecular complexity index is 453. The molecule has 0 saturated carbocycles. The molecule has 0 saturated heterocycles. The topological polar surface area (TPSA) is 74.6 Å². The summed E-state index contributed by atoms with van der Waals surface area (Å²) in [6.45, 7) is 0. The van der Waals surface area contributed by atoms with Gasteiger partial charge < -0.3 is 10.2 Å². The SMILES string of the molecule is O=C(O)C(Cl)(Cl)c1ccccc1C(Cl)(Cl)C(=O)O. The standard InChI is InChI=1S/C10H6Cl4O4/c11-9(12,7(15)16)5-3-1-2-4-6(5)10(13,14)8(17)18/h1-4H,(H,15,16)(H,17,18). The van der Waals surface area contributed by atoms with E-state index in [2.05, 4.69) is 0 Å². The molecule has 0 radical (unpaired) electrons. The van der Waals surface area contributed by atoms with E-state index in [9.17, 15) is 9.59 Å². The van der Waals surface area contributed by atoms with E-state index in [1.807, 2.05) is 0 Å². The summed E-state index contributed by atoms with van der Waals surface area (Å²) in [5.74, 6) is -3.12. The van der Waals surface area contributed by atoms with E-state index >= 15 is 0 Å². The average molecular weight is 332 g/mol. The van der Waals surface area contributed by atoms with Crippen molar-refractivity contribution in [3.8, 4) is 0 Å². The van der Waals surface area contributed by atoms with E-state index in [1.165, 1.54) is 24.3 Å². The highest BCUT2D eigenvalue weighted by molar-refractivity contribution is 6.59. The third-order valence-electron chi connectivity index (χ3n) is 2.14. The molecule has 0 fully saturated rings. The highest BCUT2D eigenvalue weighted by Crippen LogP contribution is 2.44. The number of halogens is 4. The molecule has 8 heteroatoms. The third kappa shape index (κ3) is 2.67. The summed E-state index contributed by atoms with van der Waals surface area (Å²) >= 11 is 22.7. The minimum absolute atomic E-state index is 0.201. The van der Waals surface area contributed by atoms with Crippen LogP contribution in [0.2, 0.25) is 0 Å². The first-order chi connectivity index (χ1) is 8.11. The van der Waals surface area contributed by atoms with E-state index in [1.54, 1.807) is 0 Å². The molecule has 0 heterocycles. The number of hydrogen-bond donors (Lipinski definition) is 2. The Hall–Kier alpha value is -0.680. The fourth-order valence-corrected chi connectivity index (χ4v) is 1.92. The Morgan fingerprint density at radius 2 is 1.11 bits per heavy atom. The number of rotatable bonds is 4. The molecule has 0 amide bonds. The van der Waals surface area contributed by atoms with Gasteiger partial charge in [0.15, 0.2) is 0 Å².